The number of hydrogen-bond acceptors (Lipinski definition) is 4. The highest BCUT2D eigenvalue weighted by atomic mass is 16.2. The number of carbonyl (C=O) groups excluding carboxylic acids is 4. The minimum absolute atomic E-state index is 0.0627. The van der Waals surface area contributed by atoms with Crippen LogP contribution < -0.4 is 5.32 Å². The molecule has 2 aliphatic rings. The van der Waals surface area contributed by atoms with Crippen molar-refractivity contribution in [1.82, 2.24) is 20.0 Å². The Bertz CT molecular complexity index is 580. The number of nitrogens with one attached hydrogen (secondary N) is 1. The van der Waals surface area contributed by atoms with Gasteiger partial charge >= 0.3 is 6.03 Å². The number of carbonyl (C=O) groups is 4. The zero-order chi connectivity index (χ0) is 19.5. The van der Waals surface area contributed by atoms with Crippen LogP contribution in [0.2, 0.25) is 0 Å². The van der Waals surface area contributed by atoms with Crippen molar-refractivity contribution in [1.29, 1.82) is 0 Å². The van der Waals surface area contributed by atoms with Gasteiger partial charge in [-0.3, -0.25) is 19.3 Å². The predicted molar refractivity (Wildman–Crippen MR) is 96.2 cm³/mol. The van der Waals surface area contributed by atoms with Crippen LogP contribution in [0, 0.1) is 5.92 Å². The maximum absolute atomic E-state index is 12.8. The molecule has 0 aromatic heterocycles. The molecule has 0 atom stereocenters. The van der Waals surface area contributed by atoms with Crippen molar-refractivity contribution < 1.29 is 19.2 Å². The van der Waals surface area contributed by atoms with E-state index < -0.39 is 17.5 Å². The van der Waals surface area contributed by atoms with E-state index in [4.69, 9.17) is 0 Å². The fourth-order valence-corrected chi connectivity index (χ4v) is 3.64. The van der Waals surface area contributed by atoms with Gasteiger partial charge in [0.1, 0.15) is 12.1 Å². The van der Waals surface area contributed by atoms with Crippen LogP contribution in [0.25, 0.3) is 0 Å². The summed E-state index contributed by atoms with van der Waals surface area (Å²) in [7, 11) is 1.51. The summed E-state index contributed by atoms with van der Waals surface area (Å²) in [4.78, 5) is 53.5. The number of hydrogen-bond donors (Lipinski definition) is 1. The molecule has 0 aromatic carbocycles. The lowest BCUT2D eigenvalue weighted by Gasteiger charge is -2.33. The van der Waals surface area contributed by atoms with E-state index in [0.29, 0.717) is 31.8 Å². The molecule has 1 aliphatic heterocycles. The summed E-state index contributed by atoms with van der Waals surface area (Å²) in [5, 5.41) is 2.80. The van der Waals surface area contributed by atoms with Gasteiger partial charge in [-0.15, -0.1) is 0 Å². The van der Waals surface area contributed by atoms with Gasteiger partial charge in [-0.25, -0.2) is 4.79 Å². The topological polar surface area (TPSA) is 90.0 Å². The molecule has 146 valence electrons. The maximum Gasteiger partial charge on any atom is 0.325 e. The molecule has 8 heteroatoms. The van der Waals surface area contributed by atoms with Crippen LogP contribution in [0.4, 0.5) is 4.79 Å². The summed E-state index contributed by atoms with van der Waals surface area (Å²) in [6.07, 6.45) is 2.98. The molecule has 0 bridgehead atoms. The van der Waals surface area contributed by atoms with Crippen molar-refractivity contribution in [3.8, 4) is 0 Å². The van der Waals surface area contributed by atoms with Crippen LogP contribution in [0.1, 0.15) is 46.5 Å². The average molecular weight is 366 g/mol. The quantitative estimate of drug-likeness (QED) is 0.705. The van der Waals surface area contributed by atoms with Gasteiger partial charge in [0.25, 0.3) is 5.91 Å². The molecular formula is C18H30N4O4. The molecule has 26 heavy (non-hydrogen) atoms. The first-order chi connectivity index (χ1) is 12.2. The van der Waals surface area contributed by atoms with Gasteiger partial charge in [-0.2, -0.15) is 0 Å². The van der Waals surface area contributed by atoms with Crippen LogP contribution >= 0.6 is 0 Å². The molecule has 1 saturated heterocycles. The Morgan fingerprint density at radius 3 is 2.27 bits per heavy atom. The van der Waals surface area contributed by atoms with Gasteiger partial charge in [-0.1, -0.05) is 6.92 Å². The Hall–Kier alpha value is -2.12. The molecule has 0 unspecified atom stereocenters. The van der Waals surface area contributed by atoms with Gasteiger partial charge in [0, 0.05) is 20.1 Å². The molecule has 0 aromatic rings. The molecule has 1 aliphatic carbocycles. The summed E-state index contributed by atoms with van der Waals surface area (Å²) >= 11 is 0. The van der Waals surface area contributed by atoms with E-state index in [1.54, 1.807) is 4.90 Å². The standard InChI is InChI=1S/C18H30N4O4/c1-5-21(6-2)15(24)11-20(4)14(23)12-22-16(25)18(19-17(22)26)9-7-13(3)8-10-18/h13H,5-12H2,1-4H3,(H,19,26). The van der Waals surface area contributed by atoms with E-state index in [1.165, 1.54) is 11.9 Å². The summed E-state index contributed by atoms with van der Waals surface area (Å²) < 4.78 is 0. The van der Waals surface area contributed by atoms with E-state index in [0.717, 1.165) is 17.7 Å². The summed E-state index contributed by atoms with van der Waals surface area (Å²) in [6, 6.07) is -0.513. The number of likely N-dealkylation sites (N-methyl/N-ethyl adjacent to an activating group) is 2. The fourth-order valence-electron chi connectivity index (χ4n) is 3.64. The molecule has 2 fully saturated rings. The largest absolute Gasteiger partial charge is 0.342 e. The Kier molecular flexibility index (Phi) is 6.26. The first-order valence-electron chi connectivity index (χ1n) is 9.40. The van der Waals surface area contributed by atoms with Crippen LogP contribution in [0.3, 0.4) is 0 Å². The van der Waals surface area contributed by atoms with Gasteiger partial charge < -0.3 is 15.1 Å². The van der Waals surface area contributed by atoms with E-state index in [9.17, 15) is 19.2 Å². The summed E-state index contributed by atoms with van der Waals surface area (Å²) in [5.41, 5.74) is -0.848. The van der Waals surface area contributed by atoms with Gasteiger partial charge in [0.05, 0.1) is 6.54 Å². The van der Waals surface area contributed by atoms with E-state index in [2.05, 4.69) is 12.2 Å². The van der Waals surface area contributed by atoms with Gasteiger partial charge in [0.15, 0.2) is 0 Å². The number of imide groups is 1. The maximum atomic E-state index is 12.8. The third-order valence-electron chi connectivity index (χ3n) is 5.58. The Morgan fingerprint density at radius 2 is 1.73 bits per heavy atom. The number of amides is 5. The third-order valence-corrected chi connectivity index (χ3v) is 5.58. The second-order valence-electron chi connectivity index (χ2n) is 7.40. The normalized spacial score (nSPS) is 25.4. The second kappa shape index (κ2) is 8.05. The predicted octanol–water partition coefficient (Wildman–Crippen LogP) is 0.814. The van der Waals surface area contributed by atoms with E-state index in [1.807, 2.05) is 13.8 Å². The zero-order valence-corrected chi connectivity index (χ0v) is 16.2. The summed E-state index contributed by atoms with van der Waals surface area (Å²) in [6.45, 7) is 6.65. The molecule has 1 saturated carbocycles. The van der Waals surface area contributed by atoms with E-state index >= 15 is 0 Å². The smallest absolute Gasteiger partial charge is 0.325 e. The van der Waals surface area contributed by atoms with E-state index in [-0.39, 0.29) is 24.9 Å². The lowest BCUT2D eigenvalue weighted by Crippen LogP contribution is -2.50. The monoisotopic (exact) mass is 366 g/mol. The van der Waals surface area contributed by atoms with Crippen molar-refractivity contribution in [3.63, 3.8) is 0 Å². The molecule has 1 heterocycles. The summed E-state index contributed by atoms with van der Waals surface area (Å²) in [5.74, 6) is -0.347. The molecule has 1 spiro atoms. The van der Waals surface area contributed by atoms with Gasteiger partial charge in [0.2, 0.25) is 11.8 Å². The Balaban J connectivity index is 1.97. The lowest BCUT2D eigenvalue weighted by molar-refractivity contribution is -0.142. The highest BCUT2D eigenvalue weighted by molar-refractivity contribution is 6.09. The molecule has 0 radical (unpaired) electrons. The number of rotatable bonds is 6. The van der Waals surface area contributed by atoms with Crippen LogP contribution in [0.5, 0.6) is 0 Å². The van der Waals surface area contributed by atoms with Crippen molar-refractivity contribution in [2.24, 2.45) is 5.92 Å². The minimum atomic E-state index is -0.848. The van der Waals surface area contributed by atoms with Crippen LogP contribution in [0.15, 0.2) is 0 Å². The van der Waals surface area contributed by atoms with Gasteiger partial charge in [-0.05, 0) is 45.4 Å². The Labute approximate surface area is 154 Å². The number of urea groups is 1. The molecule has 1 N–H and O–H groups in total. The highest BCUT2D eigenvalue weighted by Gasteiger charge is 2.52. The van der Waals surface area contributed by atoms with Crippen molar-refractivity contribution in [2.45, 2.75) is 52.0 Å². The minimum Gasteiger partial charge on any atom is -0.342 e. The first-order valence-corrected chi connectivity index (χ1v) is 9.40. The first kappa shape index (κ1) is 20.2. The highest BCUT2D eigenvalue weighted by Crippen LogP contribution is 2.36. The SMILES string of the molecule is CCN(CC)C(=O)CN(C)C(=O)CN1C(=O)NC2(CCC(C)CC2)C1=O. The molecule has 8 nitrogen and oxygen atoms in total. The second-order valence-corrected chi connectivity index (χ2v) is 7.40. The van der Waals surface area contributed by atoms with Crippen LogP contribution in [-0.4, -0.2) is 77.2 Å². The van der Waals surface area contributed by atoms with Crippen molar-refractivity contribution >= 4 is 23.8 Å². The number of nitrogens with zero attached hydrogens (tertiary/aromatic N) is 3. The van der Waals surface area contributed by atoms with Crippen molar-refractivity contribution in [2.75, 3.05) is 33.2 Å². The fraction of sp³-hybridized carbons (Fsp3) is 0.778. The third kappa shape index (κ3) is 3.99. The molecular weight excluding hydrogens is 336 g/mol. The van der Waals surface area contributed by atoms with Crippen molar-refractivity contribution in [3.05, 3.63) is 0 Å². The zero-order valence-electron chi connectivity index (χ0n) is 16.2. The molecule has 2 rings (SSSR count). The Morgan fingerprint density at radius 1 is 1.15 bits per heavy atom. The average Bonchev–Trinajstić information content (AvgIpc) is 2.83. The molecule has 5 amide bonds. The lowest BCUT2D eigenvalue weighted by atomic mass is 9.77. The van der Waals surface area contributed by atoms with Crippen LogP contribution in [-0.2, 0) is 14.4 Å².